The molecule has 136 valence electrons. The molecular weight excluding hydrogens is 350 g/mol. The van der Waals surface area contributed by atoms with Crippen LogP contribution in [-0.4, -0.2) is 27.8 Å². The minimum absolute atomic E-state index is 0.0201. The second kappa shape index (κ2) is 7.78. The molecule has 7 heteroatoms. The molecule has 3 rings (SSSR count). The van der Waals surface area contributed by atoms with Gasteiger partial charge in [-0.05, 0) is 39.0 Å². The first kappa shape index (κ1) is 18.3. The Kier molecular flexibility index (Phi) is 5.46. The molecule has 0 saturated carbocycles. The van der Waals surface area contributed by atoms with Crippen LogP contribution in [0.2, 0.25) is 0 Å². The van der Waals surface area contributed by atoms with Gasteiger partial charge in [-0.25, -0.2) is 4.79 Å². The molecule has 1 atom stereocenters. The minimum Gasteiger partial charge on any atom is -0.463 e. The lowest BCUT2D eigenvalue weighted by Gasteiger charge is -2.10. The number of aromatic nitrogens is 3. The number of methoxy groups -OCH3 is 1. The summed E-state index contributed by atoms with van der Waals surface area (Å²) in [5.74, 6) is 1.26. The molecular formula is C19H21N3O3S. The van der Waals surface area contributed by atoms with E-state index in [2.05, 4.69) is 45.5 Å². The fourth-order valence-corrected chi connectivity index (χ4v) is 3.65. The Bertz CT molecular complexity index is 916. The third kappa shape index (κ3) is 3.67. The van der Waals surface area contributed by atoms with E-state index in [-0.39, 0.29) is 11.0 Å². The zero-order valence-corrected chi connectivity index (χ0v) is 16.0. The van der Waals surface area contributed by atoms with Crippen LogP contribution < -0.4 is 0 Å². The molecule has 1 unspecified atom stereocenters. The average molecular weight is 371 g/mol. The summed E-state index contributed by atoms with van der Waals surface area (Å²) < 4.78 is 12.4. The highest BCUT2D eigenvalue weighted by atomic mass is 32.2. The Labute approximate surface area is 156 Å². The van der Waals surface area contributed by atoms with Crippen LogP contribution in [0.25, 0.3) is 11.4 Å². The predicted octanol–water partition coefficient (Wildman–Crippen LogP) is 4.51. The maximum Gasteiger partial charge on any atom is 0.373 e. The molecule has 0 radical (unpaired) electrons. The van der Waals surface area contributed by atoms with Crippen molar-refractivity contribution in [1.82, 2.24) is 14.8 Å². The van der Waals surface area contributed by atoms with E-state index < -0.39 is 5.97 Å². The van der Waals surface area contributed by atoms with E-state index >= 15 is 0 Å². The van der Waals surface area contributed by atoms with Gasteiger partial charge in [-0.1, -0.05) is 35.5 Å². The zero-order chi connectivity index (χ0) is 18.7. The van der Waals surface area contributed by atoms with E-state index in [4.69, 9.17) is 4.42 Å². The molecule has 3 aromatic rings. The molecule has 1 aromatic carbocycles. The van der Waals surface area contributed by atoms with Crippen molar-refractivity contribution in [2.24, 2.45) is 0 Å². The zero-order valence-electron chi connectivity index (χ0n) is 15.2. The monoisotopic (exact) mass is 371 g/mol. The minimum atomic E-state index is -0.480. The van der Waals surface area contributed by atoms with Crippen molar-refractivity contribution in [1.29, 1.82) is 0 Å². The van der Waals surface area contributed by atoms with Gasteiger partial charge >= 0.3 is 5.97 Å². The van der Waals surface area contributed by atoms with Gasteiger partial charge in [0.25, 0.3) is 0 Å². The van der Waals surface area contributed by atoms with Crippen LogP contribution in [0.1, 0.15) is 41.0 Å². The van der Waals surface area contributed by atoms with E-state index in [1.807, 2.05) is 19.1 Å². The Morgan fingerprint density at radius 1 is 1.31 bits per heavy atom. The molecule has 0 aliphatic carbocycles. The molecule has 2 aromatic heterocycles. The number of aryl methyl sites for hydroxylation is 1. The van der Waals surface area contributed by atoms with Crippen molar-refractivity contribution < 1.29 is 13.9 Å². The highest BCUT2D eigenvalue weighted by Crippen LogP contribution is 2.36. The quantitative estimate of drug-likeness (QED) is 0.469. The normalized spacial score (nSPS) is 12.2. The molecule has 26 heavy (non-hydrogen) atoms. The van der Waals surface area contributed by atoms with E-state index in [0.29, 0.717) is 5.76 Å². The number of hydrogen-bond acceptors (Lipinski definition) is 6. The Morgan fingerprint density at radius 3 is 2.81 bits per heavy atom. The molecule has 6 nitrogen and oxygen atoms in total. The molecule has 2 heterocycles. The van der Waals surface area contributed by atoms with Crippen molar-refractivity contribution in [2.75, 3.05) is 7.11 Å². The number of ether oxygens (including phenoxy) is 1. The fraction of sp³-hybridized carbons (Fsp3) is 0.316. The number of thioether (sulfide) groups is 1. The van der Waals surface area contributed by atoms with Crippen LogP contribution in [0.5, 0.6) is 0 Å². The second-order valence-corrected chi connectivity index (χ2v) is 7.18. The van der Waals surface area contributed by atoms with E-state index in [0.717, 1.165) is 23.1 Å². The van der Waals surface area contributed by atoms with Crippen molar-refractivity contribution in [2.45, 2.75) is 37.7 Å². The summed E-state index contributed by atoms with van der Waals surface area (Å²) in [6.07, 6.45) is 0. The summed E-state index contributed by atoms with van der Waals surface area (Å²) in [5.41, 5.74) is 2.23. The van der Waals surface area contributed by atoms with Gasteiger partial charge in [-0.15, -0.1) is 10.2 Å². The van der Waals surface area contributed by atoms with Crippen molar-refractivity contribution in [3.63, 3.8) is 0 Å². The summed E-state index contributed by atoms with van der Waals surface area (Å²) in [6, 6.07) is 11.6. The number of carbonyl (C=O) groups excluding carboxylic acids is 1. The first-order chi connectivity index (χ1) is 12.5. The van der Waals surface area contributed by atoms with Gasteiger partial charge in [0.1, 0.15) is 5.76 Å². The second-order valence-electron chi connectivity index (χ2n) is 5.87. The Balaban J connectivity index is 1.84. The third-order valence-corrected chi connectivity index (χ3v) is 5.10. The van der Waals surface area contributed by atoms with Gasteiger partial charge in [-0.3, -0.25) is 0 Å². The van der Waals surface area contributed by atoms with Crippen LogP contribution in [-0.2, 0) is 11.3 Å². The van der Waals surface area contributed by atoms with Gasteiger partial charge in [0.15, 0.2) is 11.0 Å². The Morgan fingerprint density at radius 2 is 2.12 bits per heavy atom. The third-order valence-electron chi connectivity index (χ3n) is 4.01. The molecule has 0 bridgehead atoms. The first-order valence-electron chi connectivity index (χ1n) is 8.38. The molecule has 0 aliphatic rings. The standard InChI is InChI=1S/C19H21N3O3S/c1-5-22-17(14-8-6-7-12(2)11-14)20-21-19(22)26-13(3)15-9-10-16(25-15)18(23)24-4/h6-11,13H,5H2,1-4H3. The lowest BCUT2D eigenvalue weighted by Crippen LogP contribution is -2.01. The maximum atomic E-state index is 11.5. The largest absolute Gasteiger partial charge is 0.463 e. The number of esters is 1. The lowest BCUT2D eigenvalue weighted by atomic mass is 10.1. The molecule has 0 saturated heterocycles. The van der Waals surface area contributed by atoms with Gasteiger partial charge in [0, 0.05) is 12.1 Å². The number of nitrogens with zero attached hydrogens (tertiary/aromatic N) is 3. The number of hydrogen-bond donors (Lipinski definition) is 0. The Hall–Kier alpha value is -2.54. The number of carbonyl (C=O) groups is 1. The van der Waals surface area contributed by atoms with Crippen LogP contribution in [0.4, 0.5) is 0 Å². The smallest absolute Gasteiger partial charge is 0.373 e. The summed E-state index contributed by atoms with van der Waals surface area (Å²) >= 11 is 1.54. The fourth-order valence-electron chi connectivity index (χ4n) is 2.66. The van der Waals surface area contributed by atoms with Crippen LogP contribution in [0.15, 0.2) is 46.0 Å². The highest BCUT2D eigenvalue weighted by Gasteiger charge is 2.20. The molecule has 0 N–H and O–H groups in total. The number of rotatable bonds is 6. The SMILES string of the molecule is CCn1c(SC(C)c2ccc(C(=O)OC)o2)nnc1-c1cccc(C)c1. The first-order valence-corrected chi connectivity index (χ1v) is 9.26. The summed E-state index contributed by atoms with van der Waals surface area (Å²) in [7, 11) is 1.33. The molecule has 0 aliphatic heterocycles. The van der Waals surface area contributed by atoms with E-state index in [1.54, 1.807) is 23.9 Å². The van der Waals surface area contributed by atoms with Crippen LogP contribution in [0, 0.1) is 6.92 Å². The van der Waals surface area contributed by atoms with Crippen molar-refractivity contribution >= 4 is 17.7 Å². The maximum absolute atomic E-state index is 11.5. The summed E-state index contributed by atoms with van der Waals surface area (Å²) in [5, 5.41) is 9.53. The van der Waals surface area contributed by atoms with Gasteiger partial charge < -0.3 is 13.7 Å². The van der Waals surface area contributed by atoms with Crippen molar-refractivity contribution in [3.8, 4) is 11.4 Å². The number of furan rings is 1. The molecule has 0 spiro atoms. The van der Waals surface area contributed by atoms with Crippen LogP contribution in [0.3, 0.4) is 0 Å². The van der Waals surface area contributed by atoms with Gasteiger partial charge in [0.05, 0.1) is 12.4 Å². The van der Waals surface area contributed by atoms with Gasteiger partial charge in [0.2, 0.25) is 5.76 Å². The summed E-state index contributed by atoms with van der Waals surface area (Å²) in [4.78, 5) is 11.5. The molecule has 0 fully saturated rings. The number of benzene rings is 1. The molecule has 0 amide bonds. The summed E-state index contributed by atoms with van der Waals surface area (Å²) in [6.45, 7) is 6.89. The van der Waals surface area contributed by atoms with Crippen LogP contribution >= 0.6 is 11.8 Å². The van der Waals surface area contributed by atoms with E-state index in [1.165, 1.54) is 12.7 Å². The van der Waals surface area contributed by atoms with Gasteiger partial charge in [-0.2, -0.15) is 0 Å². The predicted molar refractivity (Wildman–Crippen MR) is 100 cm³/mol. The highest BCUT2D eigenvalue weighted by molar-refractivity contribution is 7.99. The lowest BCUT2D eigenvalue weighted by molar-refractivity contribution is 0.0563. The van der Waals surface area contributed by atoms with Crippen molar-refractivity contribution in [3.05, 3.63) is 53.5 Å². The average Bonchev–Trinajstić information content (AvgIpc) is 3.28. The topological polar surface area (TPSA) is 70.2 Å². The van der Waals surface area contributed by atoms with E-state index in [9.17, 15) is 4.79 Å².